The zero-order valence-electron chi connectivity index (χ0n) is 16.9. The van der Waals surface area contributed by atoms with Gasteiger partial charge in [0, 0.05) is 24.6 Å². The smallest absolute Gasteiger partial charge is 0.406 e. The SMILES string of the molecule is CC(C)c1c(NC(=O)CC(C)(C)C)nn(C)c1-c1ccc(OC(F)(F)F)cc1. The molecule has 154 valence electrons. The summed E-state index contributed by atoms with van der Waals surface area (Å²) in [6.45, 7) is 9.88. The lowest BCUT2D eigenvalue weighted by Crippen LogP contribution is -2.20. The number of nitrogens with zero attached hydrogens (tertiary/aromatic N) is 2. The number of nitrogens with one attached hydrogen (secondary N) is 1. The molecule has 0 bridgehead atoms. The fourth-order valence-corrected chi connectivity index (χ4v) is 2.99. The van der Waals surface area contributed by atoms with Crippen LogP contribution in [0.1, 0.15) is 52.5 Å². The van der Waals surface area contributed by atoms with E-state index < -0.39 is 6.36 Å². The van der Waals surface area contributed by atoms with Crippen molar-refractivity contribution < 1.29 is 22.7 Å². The van der Waals surface area contributed by atoms with E-state index in [-0.39, 0.29) is 23.0 Å². The summed E-state index contributed by atoms with van der Waals surface area (Å²) in [7, 11) is 1.74. The lowest BCUT2D eigenvalue weighted by molar-refractivity contribution is -0.274. The van der Waals surface area contributed by atoms with E-state index in [0.717, 1.165) is 11.3 Å². The van der Waals surface area contributed by atoms with Gasteiger partial charge in [-0.25, -0.2) is 0 Å². The highest BCUT2D eigenvalue weighted by molar-refractivity contribution is 5.92. The first-order valence-electron chi connectivity index (χ1n) is 9.00. The summed E-state index contributed by atoms with van der Waals surface area (Å²) in [6, 6.07) is 5.62. The van der Waals surface area contributed by atoms with Gasteiger partial charge in [-0.3, -0.25) is 9.48 Å². The number of anilines is 1. The highest BCUT2D eigenvalue weighted by Crippen LogP contribution is 2.36. The van der Waals surface area contributed by atoms with E-state index in [0.29, 0.717) is 17.8 Å². The molecule has 0 fully saturated rings. The van der Waals surface area contributed by atoms with Crippen LogP contribution in [0.2, 0.25) is 0 Å². The highest BCUT2D eigenvalue weighted by atomic mass is 19.4. The Morgan fingerprint density at radius 2 is 1.75 bits per heavy atom. The van der Waals surface area contributed by atoms with Crippen LogP contribution in [0.4, 0.5) is 19.0 Å². The maximum Gasteiger partial charge on any atom is 0.573 e. The molecule has 1 N–H and O–H groups in total. The van der Waals surface area contributed by atoms with Crippen LogP contribution in [-0.4, -0.2) is 22.1 Å². The van der Waals surface area contributed by atoms with Gasteiger partial charge in [-0.15, -0.1) is 13.2 Å². The number of aryl methyl sites for hydroxylation is 1. The average molecular weight is 397 g/mol. The van der Waals surface area contributed by atoms with Crippen LogP contribution in [0.15, 0.2) is 24.3 Å². The lowest BCUT2D eigenvalue weighted by atomic mass is 9.92. The molecular formula is C20H26F3N3O2. The van der Waals surface area contributed by atoms with Gasteiger partial charge in [0.15, 0.2) is 5.82 Å². The Kier molecular flexibility index (Phi) is 6.11. The molecule has 0 atom stereocenters. The second-order valence-electron chi connectivity index (χ2n) is 8.25. The highest BCUT2D eigenvalue weighted by Gasteiger charge is 2.31. The monoisotopic (exact) mass is 397 g/mol. The van der Waals surface area contributed by atoms with E-state index in [4.69, 9.17) is 0 Å². The van der Waals surface area contributed by atoms with Crippen molar-refractivity contribution in [1.29, 1.82) is 0 Å². The number of carbonyl (C=O) groups excluding carboxylic acids is 1. The minimum atomic E-state index is -4.73. The molecule has 1 aromatic carbocycles. The summed E-state index contributed by atoms with van der Waals surface area (Å²) in [6.07, 6.45) is -4.39. The van der Waals surface area contributed by atoms with Crippen LogP contribution in [0.25, 0.3) is 11.3 Å². The third-order valence-corrected chi connectivity index (χ3v) is 3.97. The quantitative estimate of drug-likeness (QED) is 0.726. The summed E-state index contributed by atoms with van der Waals surface area (Å²) < 4.78 is 42.6. The molecular weight excluding hydrogens is 371 g/mol. The van der Waals surface area contributed by atoms with E-state index in [1.165, 1.54) is 12.1 Å². The number of alkyl halides is 3. The van der Waals surface area contributed by atoms with Crippen LogP contribution in [0.3, 0.4) is 0 Å². The van der Waals surface area contributed by atoms with Gasteiger partial charge in [0.25, 0.3) is 0 Å². The molecule has 1 amide bonds. The number of aromatic nitrogens is 2. The summed E-state index contributed by atoms with van der Waals surface area (Å²) in [5.74, 6) is 0.0910. The Morgan fingerprint density at radius 3 is 2.21 bits per heavy atom. The fourth-order valence-electron chi connectivity index (χ4n) is 2.99. The Labute approximate surface area is 162 Å². The van der Waals surface area contributed by atoms with Gasteiger partial charge in [0.1, 0.15) is 5.75 Å². The molecule has 1 aromatic heterocycles. The van der Waals surface area contributed by atoms with Crippen molar-refractivity contribution in [3.05, 3.63) is 29.8 Å². The van der Waals surface area contributed by atoms with Crippen LogP contribution in [0.5, 0.6) is 5.75 Å². The molecule has 0 saturated carbocycles. The van der Waals surface area contributed by atoms with Crippen LogP contribution >= 0.6 is 0 Å². The molecule has 0 aliphatic carbocycles. The minimum absolute atomic E-state index is 0.0414. The van der Waals surface area contributed by atoms with Gasteiger partial charge < -0.3 is 10.1 Å². The first-order chi connectivity index (χ1) is 12.8. The predicted molar refractivity (Wildman–Crippen MR) is 102 cm³/mol. The molecule has 0 radical (unpaired) electrons. The fraction of sp³-hybridized carbons (Fsp3) is 0.500. The van der Waals surface area contributed by atoms with Crippen LogP contribution in [0, 0.1) is 5.41 Å². The molecule has 0 unspecified atom stereocenters. The largest absolute Gasteiger partial charge is 0.573 e. The number of hydrogen-bond donors (Lipinski definition) is 1. The van der Waals surface area contributed by atoms with Crippen molar-refractivity contribution in [3.8, 4) is 17.0 Å². The predicted octanol–water partition coefficient (Wildman–Crippen LogP) is 5.48. The third kappa shape index (κ3) is 5.74. The Morgan fingerprint density at radius 1 is 1.18 bits per heavy atom. The topological polar surface area (TPSA) is 56.2 Å². The second-order valence-corrected chi connectivity index (χ2v) is 8.25. The summed E-state index contributed by atoms with van der Waals surface area (Å²) >= 11 is 0. The molecule has 0 aliphatic heterocycles. The van der Waals surface area contributed by atoms with Crippen molar-refractivity contribution in [1.82, 2.24) is 9.78 Å². The van der Waals surface area contributed by atoms with Gasteiger partial charge in [-0.2, -0.15) is 5.10 Å². The number of ether oxygens (including phenoxy) is 1. The summed E-state index contributed by atoms with van der Waals surface area (Å²) in [5, 5.41) is 7.31. The molecule has 0 spiro atoms. The number of benzene rings is 1. The number of carbonyl (C=O) groups is 1. The van der Waals surface area contributed by atoms with E-state index >= 15 is 0 Å². The van der Waals surface area contributed by atoms with E-state index in [9.17, 15) is 18.0 Å². The van der Waals surface area contributed by atoms with Gasteiger partial charge in [0.05, 0.1) is 5.69 Å². The zero-order valence-corrected chi connectivity index (χ0v) is 16.9. The van der Waals surface area contributed by atoms with Crippen molar-refractivity contribution in [2.45, 2.75) is 53.3 Å². The standard InChI is InChI=1S/C20H26F3N3O2/c1-12(2)16-17(13-7-9-14(10-8-13)28-20(21,22)23)26(6)25-18(16)24-15(27)11-19(3,4)5/h7-10,12H,11H2,1-6H3,(H,24,25,27). The number of rotatable bonds is 5. The van der Waals surface area contributed by atoms with Gasteiger partial charge in [-0.1, -0.05) is 34.6 Å². The molecule has 2 rings (SSSR count). The number of halogens is 3. The second kappa shape index (κ2) is 7.85. The van der Waals surface area contributed by atoms with E-state index in [1.807, 2.05) is 34.6 Å². The normalized spacial score (nSPS) is 12.4. The maximum absolute atomic E-state index is 12.4. The summed E-state index contributed by atoms with van der Waals surface area (Å²) in [4.78, 5) is 12.4. The van der Waals surface area contributed by atoms with Crippen molar-refractivity contribution in [2.24, 2.45) is 12.5 Å². The van der Waals surface area contributed by atoms with Crippen LogP contribution < -0.4 is 10.1 Å². The van der Waals surface area contributed by atoms with Crippen molar-refractivity contribution >= 4 is 11.7 Å². The zero-order chi connectivity index (χ0) is 21.3. The molecule has 1 heterocycles. The molecule has 0 aliphatic rings. The molecule has 0 saturated heterocycles. The first kappa shape index (κ1) is 21.8. The average Bonchev–Trinajstić information content (AvgIpc) is 2.80. The number of amides is 1. The molecule has 8 heteroatoms. The van der Waals surface area contributed by atoms with Gasteiger partial charge in [0.2, 0.25) is 5.91 Å². The number of hydrogen-bond acceptors (Lipinski definition) is 3. The van der Waals surface area contributed by atoms with Gasteiger partial charge >= 0.3 is 6.36 Å². The first-order valence-corrected chi connectivity index (χ1v) is 9.00. The van der Waals surface area contributed by atoms with Gasteiger partial charge in [-0.05, 0) is 35.6 Å². The Balaban J connectivity index is 2.37. The Hall–Kier alpha value is -2.51. The Bertz CT molecular complexity index is 832. The van der Waals surface area contributed by atoms with Crippen LogP contribution in [-0.2, 0) is 11.8 Å². The van der Waals surface area contributed by atoms with Crippen molar-refractivity contribution in [3.63, 3.8) is 0 Å². The van der Waals surface area contributed by atoms with E-state index in [1.54, 1.807) is 23.9 Å². The summed E-state index contributed by atoms with van der Waals surface area (Å²) in [5.41, 5.74) is 2.09. The maximum atomic E-state index is 12.4. The molecule has 2 aromatic rings. The minimum Gasteiger partial charge on any atom is -0.406 e. The molecule has 28 heavy (non-hydrogen) atoms. The van der Waals surface area contributed by atoms with Crippen molar-refractivity contribution in [2.75, 3.05) is 5.32 Å². The van der Waals surface area contributed by atoms with E-state index in [2.05, 4.69) is 15.2 Å². The lowest BCUT2D eigenvalue weighted by Gasteiger charge is -2.17. The third-order valence-electron chi connectivity index (χ3n) is 3.97. The molecule has 5 nitrogen and oxygen atoms in total.